The van der Waals surface area contributed by atoms with Crippen LogP contribution in [0.15, 0.2) is 23.0 Å². The largest absolute Gasteiger partial charge is 0.472 e. The zero-order valence-electron chi connectivity index (χ0n) is 16.7. The minimum Gasteiger partial charge on any atom is -0.472 e. The predicted octanol–water partition coefficient (Wildman–Crippen LogP) is 7.96. The van der Waals surface area contributed by atoms with Crippen molar-refractivity contribution in [3.05, 3.63) is 24.2 Å². The SMILES string of the molecule is CCCCCCCCCCCCCCCCCCC(O)c1ccoc1. The van der Waals surface area contributed by atoms with Crippen molar-refractivity contribution in [3.63, 3.8) is 0 Å². The summed E-state index contributed by atoms with van der Waals surface area (Å²) in [4.78, 5) is 0. The van der Waals surface area contributed by atoms with Crippen molar-refractivity contribution in [2.45, 2.75) is 122 Å². The van der Waals surface area contributed by atoms with Crippen LogP contribution in [0.25, 0.3) is 0 Å². The lowest BCUT2D eigenvalue weighted by Crippen LogP contribution is -1.95. The van der Waals surface area contributed by atoms with Crippen LogP contribution in [0.1, 0.15) is 128 Å². The molecule has 0 saturated heterocycles. The van der Waals surface area contributed by atoms with Gasteiger partial charge in [-0.2, -0.15) is 0 Å². The van der Waals surface area contributed by atoms with Gasteiger partial charge in [-0.3, -0.25) is 0 Å². The van der Waals surface area contributed by atoms with Crippen LogP contribution in [0.5, 0.6) is 0 Å². The minimum atomic E-state index is -0.342. The summed E-state index contributed by atoms with van der Waals surface area (Å²) in [5.74, 6) is 0. The van der Waals surface area contributed by atoms with Gasteiger partial charge in [-0.25, -0.2) is 0 Å². The van der Waals surface area contributed by atoms with Gasteiger partial charge in [0.1, 0.15) is 0 Å². The summed E-state index contributed by atoms with van der Waals surface area (Å²) >= 11 is 0. The van der Waals surface area contributed by atoms with Crippen LogP contribution in [-0.4, -0.2) is 5.11 Å². The Balaban J connectivity index is 1.72. The van der Waals surface area contributed by atoms with Gasteiger partial charge in [-0.05, 0) is 12.5 Å². The van der Waals surface area contributed by atoms with E-state index >= 15 is 0 Å². The molecule has 1 N–H and O–H groups in total. The molecule has 1 aromatic rings. The molecule has 2 nitrogen and oxygen atoms in total. The molecule has 1 atom stereocenters. The standard InChI is InChI=1S/C23H42O2/c1-2-3-4-5-6-7-8-9-10-11-12-13-14-15-16-17-18-23(24)22-19-20-25-21-22/h19-21,23-24H,2-18H2,1H3. The first kappa shape index (κ1) is 22.3. The first-order valence-corrected chi connectivity index (χ1v) is 11.0. The maximum absolute atomic E-state index is 9.96. The summed E-state index contributed by atoms with van der Waals surface area (Å²) in [5.41, 5.74) is 0.918. The van der Waals surface area contributed by atoms with Crippen LogP contribution in [0, 0.1) is 0 Å². The van der Waals surface area contributed by atoms with Crippen molar-refractivity contribution in [1.82, 2.24) is 0 Å². The molecule has 2 heteroatoms. The number of aliphatic hydroxyl groups is 1. The van der Waals surface area contributed by atoms with E-state index in [4.69, 9.17) is 4.42 Å². The van der Waals surface area contributed by atoms with Gasteiger partial charge in [0.25, 0.3) is 0 Å². The van der Waals surface area contributed by atoms with Gasteiger partial charge in [0.05, 0.1) is 18.6 Å². The molecule has 0 amide bonds. The summed E-state index contributed by atoms with van der Waals surface area (Å²) in [7, 11) is 0. The Morgan fingerprint density at radius 2 is 1.16 bits per heavy atom. The van der Waals surface area contributed by atoms with E-state index in [9.17, 15) is 5.11 Å². The van der Waals surface area contributed by atoms with Gasteiger partial charge in [0.2, 0.25) is 0 Å². The summed E-state index contributed by atoms with van der Waals surface area (Å²) in [6, 6.07) is 1.86. The number of hydrogen-bond acceptors (Lipinski definition) is 2. The Morgan fingerprint density at radius 3 is 1.56 bits per heavy atom. The maximum Gasteiger partial charge on any atom is 0.0960 e. The third-order valence-electron chi connectivity index (χ3n) is 5.26. The maximum atomic E-state index is 9.96. The minimum absolute atomic E-state index is 0.342. The van der Waals surface area contributed by atoms with E-state index in [1.165, 1.54) is 96.3 Å². The lowest BCUT2D eigenvalue weighted by atomic mass is 10.0. The molecule has 146 valence electrons. The van der Waals surface area contributed by atoms with Crippen LogP contribution < -0.4 is 0 Å². The van der Waals surface area contributed by atoms with E-state index in [1.54, 1.807) is 12.5 Å². The molecule has 0 saturated carbocycles. The average Bonchev–Trinajstić information content (AvgIpc) is 3.16. The molecule has 1 heterocycles. The predicted molar refractivity (Wildman–Crippen MR) is 108 cm³/mol. The molecule has 0 bridgehead atoms. The average molecular weight is 351 g/mol. The van der Waals surface area contributed by atoms with Gasteiger partial charge in [0.15, 0.2) is 0 Å². The van der Waals surface area contributed by atoms with Crippen molar-refractivity contribution < 1.29 is 9.52 Å². The molecule has 0 aliphatic rings. The van der Waals surface area contributed by atoms with Crippen LogP contribution >= 0.6 is 0 Å². The zero-order chi connectivity index (χ0) is 18.0. The lowest BCUT2D eigenvalue weighted by molar-refractivity contribution is 0.162. The highest BCUT2D eigenvalue weighted by Crippen LogP contribution is 2.20. The fourth-order valence-electron chi connectivity index (χ4n) is 3.52. The van der Waals surface area contributed by atoms with E-state index in [0.29, 0.717) is 0 Å². The zero-order valence-corrected chi connectivity index (χ0v) is 16.7. The molecule has 0 aliphatic heterocycles. The first-order chi connectivity index (χ1) is 12.3. The Hall–Kier alpha value is -0.760. The molecule has 1 rings (SSSR count). The second kappa shape index (κ2) is 16.7. The van der Waals surface area contributed by atoms with Crippen molar-refractivity contribution in [2.24, 2.45) is 0 Å². The number of unbranched alkanes of at least 4 members (excludes halogenated alkanes) is 15. The fraction of sp³-hybridized carbons (Fsp3) is 0.826. The van der Waals surface area contributed by atoms with Gasteiger partial charge in [0, 0.05) is 5.56 Å². The monoisotopic (exact) mass is 350 g/mol. The molecule has 1 aromatic heterocycles. The molecule has 0 aromatic carbocycles. The second-order valence-corrected chi connectivity index (χ2v) is 7.66. The fourth-order valence-corrected chi connectivity index (χ4v) is 3.52. The van der Waals surface area contributed by atoms with Crippen LogP contribution in [-0.2, 0) is 0 Å². The van der Waals surface area contributed by atoms with E-state index in [2.05, 4.69) is 6.92 Å². The Kier molecular flexibility index (Phi) is 14.9. The van der Waals surface area contributed by atoms with Crippen LogP contribution in [0.3, 0.4) is 0 Å². The third-order valence-corrected chi connectivity index (χ3v) is 5.26. The van der Waals surface area contributed by atoms with E-state index in [1.807, 2.05) is 6.07 Å². The van der Waals surface area contributed by atoms with Crippen LogP contribution in [0.4, 0.5) is 0 Å². The van der Waals surface area contributed by atoms with Crippen molar-refractivity contribution in [2.75, 3.05) is 0 Å². The summed E-state index contributed by atoms with van der Waals surface area (Å²) < 4.78 is 5.01. The van der Waals surface area contributed by atoms with Crippen molar-refractivity contribution in [3.8, 4) is 0 Å². The van der Waals surface area contributed by atoms with E-state index in [0.717, 1.165) is 18.4 Å². The van der Waals surface area contributed by atoms with Gasteiger partial charge < -0.3 is 9.52 Å². The highest BCUT2D eigenvalue weighted by Gasteiger charge is 2.07. The summed E-state index contributed by atoms with van der Waals surface area (Å²) in [6.45, 7) is 2.29. The molecular weight excluding hydrogens is 308 g/mol. The van der Waals surface area contributed by atoms with E-state index in [-0.39, 0.29) is 6.10 Å². The quantitative estimate of drug-likeness (QED) is 0.272. The summed E-state index contributed by atoms with van der Waals surface area (Å²) in [6.07, 6.45) is 26.0. The Morgan fingerprint density at radius 1 is 0.720 bits per heavy atom. The second-order valence-electron chi connectivity index (χ2n) is 7.66. The Labute approximate surface area is 156 Å². The molecule has 0 fully saturated rings. The number of hydrogen-bond donors (Lipinski definition) is 1. The normalized spacial score (nSPS) is 12.6. The van der Waals surface area contributed by atoms with Crippen molar-refractivity contribution in [1.29, 1.82) is 0 Å². The highest BCUT2D eigenvalue weighted by atomic mass is 16.3. The topological polar surface area (TPSA) is 33.4 Å². The Bertz CT molecular complexity index is 358. The third kappa shape index (κ3) is 13.1. The molecular formula is C23H42O2. The van der Waals surface area contributed by atoms with Crippen LogP contribution in [0.2, 0.25) is 0 Å². The van der Waals surface area contributed by atoms with Crippen molar-refractivity contribution >= 4 is 0 Å². The molecule has 0 aliphatic carbocycles. The molecule has 0 spiro atoms. The van der Waals surface area contributed by atoms with Gasteiger partial charge in [-0.15, -0.1) is 0 Å². The lowest BCUT2D eigenvalue weighted by Gasteiger charge is -2.07. The first-order valence-electron chi connectivity index (χ1n) is 11.0. The number of furan rings is 1. The summed E-state index contributed by atoms with van der Waals surface area (Å²) in [5, 5.41) is 9.96. The number of rotatable bonds is 18. The highest BCUT2D eigenvalue weighted by molar-refractivity contribution is 5.08. The van der Waals surface area contributed by atoms with E-state index < -0.39 is 0 Å². The molecule has 0 radical (unpaired) electrons. The number of aliphatic hydroxyl groups excluding tert-OH is 1. The molecule has 25 heavy (non-hydrogen) atoms. The smallest absolute Gasteiger partial charge is 0.0960 e. The van der Waals surface area contributed by atoms with Gasteiger partial charge in [-0.1, -0.05) is 110 Å². The van der Waals surface area contributed by atoms with Gasteiger partial charge >= 0.3 is 0 Å². The molecule has 1 unspecified atom stereocenters.